The van der Waals surface area contributed by atoms with Gasteiger partial charge in [-0.3, -0.25) is 0 Å². The molecule has 1 aliphatic rings. The van der Waals surface area contributed by atoms with Crippen LogP contribution in [0.25, 0.3) is 0 Å². The number of nitrogens with one attached hydrogen (secondary N) is 2. The summed E-state index contributed by atoms with van der Waals surface area (Å²) in [4.78, 5) is 0.0882. The Morgan fingerprint density at radius 1 is 1.24 bits per heavy atom. The minimum Gasteiger partial charge on any atom is -0.316 e. The molecule has 1 aromatic rings. The third-order valence-electron chi connectivity index (χ3n) is 3.54. The van der Waals surface area contributed by atoms with Gasteiger partial charge < -0.3 is 5.32 Å². The van der Waals surface area contributed by atoms with Crippen molar-refractivity contribution >= 4 is 33.2 Å². The van der Waals surface area contributed by atoms with Crippen molar-refractivity contribution in [3.8, 4) is 0 Å². The molecule has 0 amide bonds. The second kappa shape index (κ2) is 7.29. The molecule has 21 heavy (non-hydrogen) atoms. The van der Waals surface area contributed by atoms with Crippen molar-refractivity contribution in [2.75, 3.05) is 13.6 Å². The van der Waals surface area contributed by atoms with Gasteiger partial charge in [-0.25, -0.2) is 13.1 Å². The average molecular weight is 351 g/mol. The molecule has 0 atom stereocenters. The molecule has 1 fully saturated rings. The Morgan fingerprint density at radius 2 is 1.95 bits per heavy atom. The van der Waals surface area contributed by atoms with E-state index >= 15 is 0 Å². The van der Waals surface area contributed by atoms with Gasteiger partial charge in [-0.15, -0.1) is 0 Å². The normalized spacial score (nSPS) is 15.4. The van der Waals surface area contributed by atoms with E-state index in [1.165, 1.54) is 25.0 Å². The van der Waals surface area contributed by atoms with Gasteiger partial charge in [-0.2, -0.15) is 0 Å². The van der Waals surface area contributed by atoms with Gasteiger partial charge in [0, 0.05) is 18.1 Å². The van der Waals surface area contributed by atoms with Crippen LogP contribution in [0.1, 0.15) is 31.2 Å². The summed E-state index contributed by atoms with van der Waals surface area (Å²) in [5.74, 6) is 0.802. The zero-order chi connectivity index (χ0) is 15.5. The quantitative estimate of drug-likeness (QED) is 0.708. The number of rotatable bonds is 8. The molecule has 0 aliphatic heterocycles. The fraction of sp³-hybridized carbons (Fsp3) is 0.571. The van der Waals surface area contributed by atoms with Gasteiger partial charge in [-0.05, 0) is 43.5 Å². The average Bonchev–Trinajstić information content (AvgIpc) is 3.22. The fourth-order valence-corrected chi connectivity index (χ4v) is 4.12. The summed E-state index contributed by atoms with van der Waals surface area (Å²) in [5, 5.41) is 3.56. The number of hydrogen-bond acceptors (Lipinski definition) is 3. The van der Waals surface area contributed by atoms with Crippen molar-refractivity contribution in [3.63, 3.8) is 0 Å². The van der Waals surface area contributed by atoms with Crippen LogP contribution in [0.3, 0.4) is 0 Å². The maximum Gasteiger partial charge on any atom is 0.242 e. The first-order valence-corrected chi connectivity index (χ1v) is 9.30. The number of sulfonamides is 1. The van der Waals surface area contributed by atoms with Crippen molar-refractivity contribution in [2.24, 2.45) is 5.92 Å². The minimum absolute atomic E-state index is 0.0882. The van der Waals surface area contributed by atoms with Gasteiger partial charge in [-0.1, -0.05) is 36.0 Å². The van der Waals surface area contributed by atoms with Gasteiger partial charge in [0.25, 0.3) is 0 Å². The topological polar surface area (TPSA) is 58.2 Å². The fourth-order valence-electron chi connectivity index (χ4n) is 2.18. The summed E-state index contributed by atoms with van der Waals surface area (Å²) in [6.07, 6.45) is 4.51. The molecule has 0 spiro atoms. The van der Waals surface area contributed by atoms with Crippen LogP contribution in [0, 0.1) is 5.92 Å². The van der Waals surface area contributed by atoms with Crippen molar-refractivity contribution < 1.29 is 8.42 Å². The van der Waals surface area contributed by atoms with E-state index in [0.717, 1.165) is 18.8 Å². The second-order valence-corrected chi connectivity index (χ2v) is 7.94. The molecular weight excluding hydrogens is 331 g/mol. The first kappa shape index (κ1) is 17.0. The zero-order valence-corrected chi connectivity index (χ0v) is 14.3. The Balaban J connectivity index is 2.07. The zero-order valence-electron chi connectivity index (χ0n) is 12.0. The summed E-state index contributed by atoms with van der Waals surface area (Å²) in [6.45, 7) is 0.930. The molecule has 0 radical (unpaired) electrons. The molecule has 1 saturated carbocycles. The van der Waals surface area contributed by atoms with Gasteiger partial charge in [0.15, 0.2) is 0 Å². The molecule has 7 heteroatoms. The summed E-state index contributed by atoms with van der Waals surface area (Å²) in [6, 6.07) is 3.01. The molecule has 2 N–H and O–H groups in total. The van der Waals surface area contributed by atoms with E-state index in [-0.39, 0.29) is 9.92 Å². The molecule has 0 heterocycles. The third-order valence-corrected chi connectivity index (χ3v) is 5.81. The molecule has 2 rings (SSSR count). The summed E-state index contributed by atoms with van der Waals surface area (Å²) >= 11 is 12.1. The van der Waals surface area contributed by atoms with E-state index in [0.29, 0.717) is 23.7 Å². The summed E-state index contributed by atoms with van der Waals surface area (Å²) in [5.41, 5.74) is 0.710. The van der Waals surface area contributed by atoms with E-state index in [9.17, 15) is 8.42 Å². The lowest BCUT2D eigenvalue weighted by atomic mass is 10.2. The Hall–Kier alpha value is -0.330. The van der Waals surface area contributed by atoms with E-state index in [1.54, 1.807) is 7.05 Å². The molecule has 0 bridgehead atoms. The van der Waals surface area contributed by atoms with Crippen molar-refractivity contribution in [3.05, 3.63) is 27.7 Å². The van der Waals surface area contributed by atoms with Gasteiger partial charge >= 0.3 is 0 Å². The summed E-state index contributed by atoms with van der Waals surface area (Å²) in [7, 11) is -1.82. The van der Waals surface area contributed by atoms with Crippen LogP contribution >= 0.6 is 23.2 Å². The largest absolute Gasteiger partial charge is 0.316 e. The Labute approximate surface area is 136 Å². The highest BCUT2D eigenvalue weighted by Crippen LogP contribution is 2.33. The van der Waals surface area contributed by atoms with Crippen LogP contribution < -0.4 is 10.0 Å². The second-order valence-electron chi connectivity index (χ2n) is 5.39. The third kappa shape index (κ3) is 4.83. The van der Waals surface area contributed by atoms with Crippen molar-refractivity contribution in [1.29, 1.82) is 0 Å². The van der Waals surface area contributed by atoms with E-state index in [2.05, 4.69) is 10.0 Å². The lowest BCUT2D eigenvalue weighted by Gasteiger charge is -2.11. The Morgan fingerprint density at radius 3 is 2.57 bits per heavy atom. The molecule has 0 saturated heterocycles. The van der Waals surface area contributed by atoms with Crippen LogP contribution in [0.2, 0.25) is 10.0 Å². The first-order chi connectivity index (χ1) is 9.94. The van der Waals surface area contributed by atoms with Gasteiger partial charge in [0.05, 0.1) is 5.02 Å². The smallest absolute Gasteiger partial charge is 0.242 e. The number of hydrogen-bond donors (Lipinski definition) is 2. The SMILES string of the molecule is CNCc1cc(S(=O)(=O)NCCCC2CC2)c(Cl)cc1Cl. The molecule has 1 aromatic carbocycles. The highest BCUT2D eigenvalue weighted by atomic mass is 35.5. The minimum atomic E-state index is -3.59. The van der Waals surface area contributed by atoms with E-state index in [1.807, 2.05) is 0 Å². The molecule has 0 aromatic heterocycles. The molecular formula is C14H20Cl2N2O2S. The van der Waals surface area contributed by atoms with Crippen molar-refractivity contribution in [1.82, 2.24) is 10.0 Å². The van der Waals surface area contributed by atoms with Crippen LogP contribution in [0.4, 0.5) is 0 Å². The Bertz CT molecular complexity index is 601. The molecule has 4 nitrogen and oxygen atoms in total. The molecule has 0 unspecified atom stereocenters. The maximum absolute atomic E-state index is 12.3. The highest BCUT2D eigenvalue weighted by molar-refractivity contribution is 7.89. The summed E-state index contributed by atoms with van der Waals surface area (Å²) < 4.78 is 27.3. The molecule has 1 aliphatic carbocycles. The van der Waals surface area contributed by atoms with Crippen molar-refractivity contribution in [2.45, 2.75) is 37.1 Å². The lowest BCUT2D eigenvalue weighted by Crippen LogP contribution is -2.25. The van der Waals surface area contributed by atoms with E-state index in [4.69, 9.17) is 23.2 Å². The van der Waals surface area contributed by atoms with Crippen LogP contribution in [-0.4, -0.2) is 22.0 Å². The molecule has 118 valence electrons. The first-order valence-electron chi connectivity index (χ1n) is 7.06. The predicted molar refractivity (Wildman–Crippen MR) is 86.4 cm³/mol. The van der Waals surface area contributed by atoms with Crippen LogP contribution in [-0.2, 0) is 16.6 Å². The predicted octanol–water partition coefficient (Wildman–Crippen LogP) is 3.18. The standard InChI is InChI=1S/C14H20Cl2N2O2S/c1-17-9-11-7-14(13(16)8-12(11)15)21(19,20)18-6-2-3-10-4-5-10/h7-8,10,17-18H,2-6,9H2,1H3. The van der Waals surface area contributed by atoms with E-state index < -0.39 is 10.0 Å². The van der Waals surface area contributed by atoms with Crippen LogP contribution in [0.5, 0.6) is 0 Å². The van der Waals surface area contributed by atoms with Gasteiger partial charge in [0.1, 0.15) is 4.90 Å². The number of halogens is 2. The van der Waals surface area contributed by atoms with Crippen LogP contribution in [0.15, 0.2) is 17.0 Å². The highest BCUT2D eigenvalue weighted by Gasteiger charge is 2.22. The van der Waals surface area contributed by atoms with Gasteiger partial charge in [0.2, 0.25) is 10.0 Å². The monoisotopic (exact) mass is 350 g/mol. The Kier molecular flexibility index (Phi) is 5.91. The maximum atomic E-state index is 12.3. The number of benzene rings is 1. The lowest BCUT2D eigenvalue weighted by molar-refractivity contribution is 0.572.